The molecular weight excluding hydrogens is 282 g/mol. The quantitative estimate of drug-likeness (QED) is 0.853. The van der Waals surface area contributed by atoms with Gasteiger partial charge in [0.05, 0.1) is 11.9 Å². The number of nitrogens with zero attached hydrogens (tertiary/aromatic N) is 3. The highest BCUT2D eigenvalue weighted by molar-refractivity contribution is 8.00. The lowest BCUT2D eigenvalue weighted by Gasteiger charge is -2.22. The van der Waals surface area contributed by atoms with E-state index in [1.807, 2.05) is 24.3 Å². The molecule has 0 bridgehead atoms. The van der Waals surface area contributed by atoms with Crippen molar-refractivity contribution < 1.29 is 4.79 Å². The topological polar surface area (TPSA) is 46.1 Å². The van der Waals surface area contributed by atoms with E-state index in [1.54, 1.807) is 35.3 Å². The van der Waals surface area contributed by atoms with Crippen LogP contribution in [0.25, 0.3) is 0 Å². The van der Waals surface area contributed by atoms with Crippen LogP contribution < -0.4 is 4.90 Å². The van der Waals surface area contributed by atoms with Gasteiger partial charge in [-0.25, -0.2) is 4.98 Å². The van der Waals surface area contributed by atoms with E-state index in [4.69, 9.17) is 11.6 Å². The molecule has 0 saturated carbocycles. The minimum Gasteiger partial charge on any atom is -0.278 e. The van der Waals surface area contributed by atoms with Crippen LogP contribution in [0.4, 0.5) is 5.82 Å². The van der Waals surface area contributed by atoms with Gasteiger partial charge in [-0.3, -0.25) is 14.7 Å². The zero-order chi connectivity index (χ0) is 13.2. The van der Waals surface area contributed by atoms with Crippen molar-refractivity contribution in [3.63, 3.8) is 0 Å². The van der Waals surface area contributed by atoms with Gasteiger partial charge in [0.15, 0.2) is 5.82 Å². The van der Waals surface area contributed by atoms with Gasteiger partial charge in [-0.1, -0.05) is 23.7 Å². The summed E-state index contributed by atoms with van der Waals surface area (Å²) in [5.41, 5.74) is 1.03. The van der Waals surface area contributed by atoms with E-state index >= 15 is 0 Å². The first kappa shape index (κ1) is 12.4. The third-order valence-corrected chi connectivity index (χ3v) is 4.28. The second-order valence-electron chi connectivity index (χ2n) is 4.04. The molecule has 0 radical (unpaired) electrons. The van der Waals surface area contributed by atoms with Crippen molar-refractivity contribution in [3.05, 3.63) is 53.4 Å². The molecule has 2 heterocycles. The van der Waals surface area contributed by atoms with Crippen LogP contribution in [0, 0.1) is 0 Å². The minimum absolute atomic E-state index is 0.0467. The Hall–Kier alpha value is -1.59. The molecule has 1 aliphatic heterocycles. The van der Waals surface area contributed by atoms with Crippen LogP contribution in [0.2, 0.25) is 5.02 Å². The zero-order valence-electron chi connectivity index (χ0n) is 9.86. The molecule has 3 rings (SSSR count). The summed E-state index contributed by atoms with van der Waals surface area (Å²) < 4.78 is 0. The number of amides is 1. The Morgan fingerprint density at radius 1 is 1.26 bits per heavy atom. The van der Waals surface area contributed by atoms with Crippen molar-refractivity contribution in [2.75, 3.05) is 10.7 Å². The van der Waals surface area contributed by atoms with Gasteiger partial charge in [-0.2, -0.15) is 0 Å². The average molecular weight is 292 g/mol. The van der Waals surface area contributed by atoms with E-state index in [-0.39, 0.29) is 11.3 Å². The van der Waals surface area contributed by atoms with E-state index in [0.717, 1.165) is 5.56 Å². The van der Waals surface area contributed by atoms with Crippen LogP contribution in [0.3, 0.4) is 0 Å². The largest absolute Gasteiger partial charge is 0.278 e. The molecule has 2 aromatic rings. The molecule has 1 atom stereocenters. The second-order valence-corrected chi connectivity index (χ2v) is 5.55. The third kappa shape index (κ3) is 2.43. The van der Waals surface area contributed by atoms with Crippen molar-refractivity contribution >= 4 is 35.1 Å². The van der Waals surface area contributed by atoms with Crippen molar-refractivity contribution in [2.24, 2.45) is 0 Å². The fourth-order valence-corrected chi connectivity index (χ4v) is 3.25. The standard InChI is InChI=1S/C13H10ClN3OS/c14-10-3-1-9(2-4-10)13-17(12(18)8-19-13)11-7-15-5-6-16-11/h1-7,13H,8H2/t13-/m0/s1. The van der Waals surface area contributed by atoms with E-state index in [1.165, 1.54) is 0 Å². The normalized spacial score (nSPS) is 18.9. The van der Waals surface area contributed by atoms with Gasteiger partial charge < -0.3 is 0 Å². The number of thioether (sulfide) groups is 1. The molecule has 1 aromatic heterocycles. The van der Waals surface area contributed by atoms with Gasteiger partial charge in [-0.05, 0) is 17.7 Å². The van der Waals surface area contributed by atoms with Gasteiger partial charge in [-0.15, -0.1) is 11.8 Å². The smallest absolute Gasteiger partial charge is 0.239 e. The summed E-state index contributed by atoms with van der Waals surface area (Å²) in [5, 5.41) is 0.616. The van der Waals surface area contributed by atoms with Gasteiger partial charge in [0.1, 0.15) is 5.37 Å². The van der Waals surface area contributed by atoms with Crippen LogP contribution >= 0.6 is 23.4 Å². The molecule has 96 valence electrons. The number of hydrogen-bond donors (Lipinski definition) is 0. The first-order valence-electron chi connectivity index (χ1n) is 5.71. The summed E-state index contributed by atoms with van der Waals surface area (Å²) in [6.45, 7) is 0. The van der Waals surface area contributed by atoms with Crippen LogP contribution in [0.1, 0.15) is 10.9 Å². The fourth-order valence-electron chi connectivity index (χ4n) is 1.96. The van der Waals surface area contributed by atoms with Crippen LogP contribution in [-0.4, -0.2) is 21.6 Å². The van der Waals surface area contributed by atoms with Gasteiger partial charge in [0.25, 0.3) is 0 Å². The highest BCUT2D eigenvalue weighted by Crippen LogP contribution is 2.40. The van der Waals surface area contributed by atoms with Crippen molar-refractivity contribution in [3.8, 4) is 0 Å². The number of aromatic nitrogens is 2. The molecule has 1 fully saturated rings. The Labute approximate surface area is 119 Å². The van der Waals surface area contributed by atoms with Crippen molar-refractivity contribution in [1.29, 1.82) is 0 Å². The molecule has 6 heteroatoms. The summed E-state index contributed by atoms with van der Waals surface area (Å²) in [6.07, 6.45) is 4.78. The van der Waals surface area contributed by atoms with Crippen molar-refractivity contribution in [1.82, 2.24) is 9.97 Å². The number of carbonyl (C=O) groups excluding carboxylic acids is 1. The second kappa shape index (κ2) is 5.19. The summed E-state index contributed by atoms with van der Waals surface area (Å²) in [5.74, 6) is 1.08. The number of benzene rings is 1. The number of anilines is 1. The number of halogens is 1. The predicted octanol–water partition coefficient (Wildman–Crippen LogP) is 2.91. The highest BCUT2D eigenvalue weighted by Gasteiger charge is 2.34. The first-order valence-corrected chi connectivity index (χ1v) is 7.13. The molecule has 1 saturated heterocycles. The Balaban J connectivity index is 1.97. The van der Waals surface area contributed by atoms with Crippen LogP contribution in [-0.2, 0) is 4.79 Å². The summed E-state index contributed by atoms with van der Waals surface area (Å²) in [6, 6.07) is 7.52. The molecular formula is C13H10ClN3OS. The van der Waals surface area contributed by atoms with Gasteiger partial charge in [0.2, 0.25) is 5.91 Å². The maximum absolute atomic E-state index is 12.0. The summed E-state index contributed by atoms with van der Waals surface area (Å²) in [4.78, 5) is 21.9. The lowest BCUT2D eigenvalue weighted by Crippen LogP contribution is -2.28. The maximum atomic E-state index is 12.0. The lowest BCUT2D eigenvalue weighted by molar-refractivity contribution is -0.115. The highest BCUT2D eigenvalue weighted by atomic mass is 35.5. The van der Waals surface area contributed by atoms with E-state index < -0.39 is 0 Å². The molecule has 0 N–H and O–H groups in total. The monoisotopic (exact) mass is 291 g/mol. The van der Waals surface area contributed by atoms with Crippen molar-refractivity contribution in [2.45, 2.75) is 5.37 Å². The summed E-state index contributed by atoms with van der Waals surface area (Å²) in [7, 11) is 0. The lowest BCUT2D eigenvalue weighted by atomic mass is 10.2. The third-order valence-electron chi connectivity index (χ3n) is 2.82. The SMILES string of the molecule is O=C1CS[C@@H](c2ccc(Cl)cc2)N1c1cnccn1. The molecule has 1 aromatic carbocycles. The molecule has 1 aliphatic rings. The molecule has 1 amide bonds. The molecule has 0 spiro atoms. The Morgan fingerprint density at radius 2 is 2.05 bits per heavy atom. The van der Waals surface area contributed by atoms with E-state index in [2.05, 4.69) is 9.97 Å². The number of rotatable bonds is 2. The Morgan fingerprint density at radius 3 is 2.74 bits per heavy atom. The zero-order valence-corrected chi connectivity index (χ0v) is 11.4. The van der Waals surface area contributed by atoms with Crippen LogP contribution in [0.15, 0.2) is 42.9 Å². The average Bonchev–Trinajstić information content (AvgIpc) is 2.82. The van der Waals surface area contributed by atoms with Gasteiger partial charge in [0, 0.05) is 17.4 Å². The minimum atomic E-state index is -0.0681. The first-order chi connectivity index (χ1) is 9.25. The fraction of sp³-hybridized carbons (Fsp3) is 0.154. The Bertz CT molecular complexity index is 591. The van der Waals surface area contributed by atoms with E-state index in [9.17, 15) is 4.79 Å². The van der Waals surface area contributed by atoms with E-state index in [0.29, 0.717) is 16.6 Å². The molecule has 4 nitrogen and oxygen atoms in total. The maximum Gasteiger partial charge on any atom is 0.239 e. The number of carbonyl (C=O) groups is 1. The molecule has 0 unspecified atom stereocenters. The van der Waals surface area contributed by atoms with Crippen LogP contribution in [0.5, 0.6) is 0 Å². The number of hydrogen-bond acceptors (Lipinski definition) is 4. The summed E-state index contributed by atoms with van der Waals surface area (Å²) >= 11 is 7.47. The predicted molar refractivity (Wildman–Crippen MR) is 76.2 cm³/mol. The molecule has 19 heavy (non-hydrogen) atoms. The Kier molecular flexibility index (Phi) is 3.40. The molecule has 0 aliphatic carbocycles. The van der Waals surface area contributed by atoms with Gasteiger partial charge >= 0.3 is 0 Å².